The second kappa shape index (κ2) is 5.00. The quantitative estimate of drug-likeness (QED) is 0.751. The van der Waals surface area contributed by atoms with Crippen molar-refractivity contribution in [3.63, 3.8) is 0 Å². The lowest BCUT2D eigenvalue weighted by Gasteiger charge is -2.14. The molecule has 20 heavy (non-hydrogen) atoms. The lowest BCUT2D eigenvalue weighted by atomic mass is 10.1. The second-order valence-electron chi connectivity index (χ2n) is 4.99. The third kappa shape index (κ3) is 2.05. The predicted molar refractivity (Wildman–Crippen MR) is 77.2 cm³/mol. The monoisotopic (exact) mass is 274 g/mol. The molecule has 0 N–H and O–H groups in total. The van der Waals surface area contributed by atoms with Gasteiger partial charge in [0.05, 0.1) is 18.2 Å². The number of methoxy groups -OCH3 is 1. The highest BCUT2D eigenvalue weighted by Gasteiger charge is 2.24. The summed E-state index contributed by atoms with van der Waals surface area (Å²) in [4.78, 5) is 25.8. The molecule has 0 fully saturated rings. The first kappa shape index (κ1) is 14.1. The summed E-state index contributed by atoms with van der Waals surface area (Å²) < 4.78 is 6.38. The number of carbonyl (C=O) groups is 2. The van der Waals surface area contributed by atoms with Crippen molar-refractivity contribution in [2.75, 3.05) is 21.2 Å². The number of aryl methyl sites for hydroxylation is 1. The summed E-state index contributed by atoms with van der Waals surface area (Å²) in [5, 5.41) is 0.732. The molecular weight excluding hydrogens is 256 g/mol. The van der Waals surface area contributed by atoms with Gasteiger partial charge in [0.1, 0.15) is 0 Å². The Balaban J connectivity index is 2.86. The molecule has 0 saturated carbocycles. The van der Waals surface area contributed by atoms with Crippen molar-refractivity contribution in [3.8, 4) is 0 Å². The maximum Gasteiger partial charge on any atom is 0.340 e. The van der Waals surface area contributed by atoms with Gasteiger partial charge in [-0.2, -0.15) is 0 Å². The number of aromatic nitrogens is 1. The van der Waals surface area contributed by atoms with Gasteiger partial charge in [-0.25, -0.2) is 9.59 Å². The van der Waals surface area contributed by atoms with Gasteiger partial charge < -0.3 is 9.64 Å². The van der Waals surface area contributed by atoms with E-state index in [0.29, 0.717) is 11.3 Å². The number of rotatable bonds is 1. The van der Waals surface area contributed by atoms with Gasteiger partial charge in [0.2, 0.25) is 0 Å². The molecule has 2 aromatic rings. The number of hydrogen-bond donors (Lipinski definition) is 0. The highest BCUT2D eigenvalue weighted by Crippen LogP contribution is 2.27. The van der Waals surface area contributed by atoms with E-state index in [2.05, 4.69) is 0 Å². The first-order chi connectivity index (χ1) is 9.38. The fourth-order valence-corrected chi connectivity index (χ4v) is 2.33. The van der Waals surface area contributed by atoms with Gasteiger partial charge in [0.25, 0.3) is 0 Å². The van der Waals surface area contributed by atoms with Gasteiger partial charge in [0.15, 0.2) is 0 Å². The smallest absolute Gasteiger partial charge is 0.340 e. The summed E-state index contributed by atoms with van der Waals surface area (Å²) in [5.74, 6) is -0.429. The molecule has 0 aliphatic heterocycles. The average molecular weight is 274 g/mol. The fraction of sp³-hybridized carbons (Fsp3) is 0.333. The molecular formula is C15H18N2O3. The van der Waals surface area contributed by atoms with Gasteiger partial charge in [0, 0.05) is 25.2 Å². The minimum absolute atomic E-state index is 0.187. The zero-order valence-electron chi connectivity index (χ0n) is 12.4. The molecule has 5 heteroatoms. The van der Waals surface area contributed by atoms with Crippen LogP contribution in [0, 0.1) is 13.8 Å². The molecule has 5 nitrogen and oxygen atoms in total. The van der Waals surface area contributed by atoms with Gasteiger partial charge in [-0.1, -0.05) is 12.1 Å². The highest BCUT2D eigenvalue weighted by atomic mass is 16.5. The molecule has 1 aromatic heterocycles. The van der Waals surface area contributed by atoms with E-state index in [1.807, 2.05) is 25.1 Å². The zero-order chi connectivity index (χ0) is 15.0. The third-order valence-corrected chi connectivity index (χ3v) is 3.32. The lowest BCUT2D eigenvalue weighted by Crippen LogP contribution is -2.28. The lowest BCUT2D eigenvalue weighted by molar-refractivity contribution is 0.0602. The number of ether oxygens (including phenoxy) is 1. The van der Waals surface area contributed by atoms with E-state index in [1.165, 1.54) is 12.0 Å². The van der Waals surface area contributed by atoms with E-state index in [4.69, 9.17) is 4.74 Å². The van der Waals surface area contributed by atoms with Crippen LogP contribution in [0.3, 0.4) is 0 Å². The van der Waals surface area contributed by atoms with Crippen molar-refractivity contribution in [1.82, 2.24) is 9.47 Å². The number of nitrogens with zero attached hydrogens (tertiary/aromatic N) is 2. The van der Waals surface area contributed by atoms with E-state index in [0.717, 1.165) is 16.5 Å². The summed E-state index contributed by atoms with van der Waals surface area (Å²) >= 11 is 0. The Morgan fingerprint density at radius 2 is 1.85 bits per heavy atom. The van der Waals surface area contributed by atoms with E-state index >= 15 is 0 Å². The molecule has 0 bridgehead atoms. The first-order valence-corrected chi connectivity index (χ1v) is 6.30. The van der Waals surface area contributed by atoms with Crippen LogP contribution in [-0.2, 0) is 4.74 Å². The van der Waals surface area contributed by atoms with Crippen LogP contribution in [-0.4, -0.2) is 42.7 Å². The Hall–Kier alpha value is -2.30. The summed E-state index contributed by atoms with van der Waals surface area (Å²) in [5.41, 5.74) is 2.79. The second-order valence-corrected chi connectivity index (χ2v) is 4.99. The molecule has 0 saturated heterocycles. The standard InChI is InChI=1S/C15H18N2O3/c1-9-6-7-11-12(8-9)17(15(19)16(3)4)10(2)13(11)14(18)20-5/h6-8H,1-5H3. The molecule has 0 aliphatic rings. The topological polar surface area (TPSA) is 51.5 Å². The van der Waals surface area contributed by atoms with Crippen LogP contribution >= 0.6 is 0 Å². The normalized spacial score (nSPS) is 10.7. The van der Waals surface area contributed by atoms with Gasteiger partial charge in [-0.3, -0.25) is 4.57 Å². The van der Waals surface area contributed by atoms with Crippen molar-refractivity contribution >= 4 is 22.9 Å². The largest absolute Gasteiger partial charge is 0.465 e. The first-order valence-electron chi connectivity index (χ1n) is 6.30. The number of benzene rings is 1. The van der Waals surface area contributed by atoms with Crippen LogP contribution in [0.1, 0.15) is 21.6 Å². The number of fused-ring (bicyclic) bond motifs is 1. The minimum Gasteiger partial charge on any atom is -0.465 e. The van der Waals surface area contributed by atoms with E-state index < -0.39 is 5.97 Å². The Kier molecular flexibility index (Phi) is 3.53. The molecule has 0 radical (unpaired) electrons. The highest BCUT2D eigenvalue weighted by molar-refractivity contribution is 6.08. The maximum absolute atomic E-state index is 12.4. The molecule has 1 heterocycles. The average Bonchev–Trinajstić information content (AvgIpc) is 2.68. The van der Waals surface area contributed by atoms with Crippen LogP contribution in [0.25, 0.3) is 10.9 Å². The van der Waals surface area contributed by atoms with Crippen molar-refractivity contribution < 1.29 is 14.3 Å². The van der Waals surface area contributed by atoms with Crippen LogP contribution < -0.4 is 0 Å². The van der Waals surface area contributed by atoms with Crippen LogP contribution in [0.2, 0.25) is 0 Å². The number of carbonyl (C=O) groups excluding carboxylic acids is 2. The molecule has 0 unspecified atom stereocenters. The molecule has 2 rings (SSSR count). The molecule has 1 aromatic carbocycles. The van der Waals surface area contributed by atoms with Crippen LogP contribution in [0.4, 0.5) is 4.79 Å². The third-order valence-electron chi connectivity index (χ3n) is 3.32. The van der Waals surface area contributed by atoms with Gasteiger partial charge in [-0.05, 0) is 25.5 Å². The number of hydrogen-bond acceptors (Lipinski definition) is 3. The Labute approximate surface area is 117 Å². The van der Waals surface area contributed by atoms with E-state index in [1.54, 1.807) is 25.6 Å². The molecule has 106 valence electrons. The summed E-state index contributed by atoms with van der Waals surface area (Å²) in [6, 6.07) is 5.48. The minimum atomic E-state index is -0.429. The Bertz CT molecular complexity index is 699. The van der Waals surface area contributed by atoms with Crippen LogP contribution in [0.15, 0.2) is 18.2 Å². The van der Waals surface area contributed by atoms with E-state index in [-0.39, 0.29) is 6.03 Å². The van der Waals surface area contributed by atoms with Crippen molar-refractivity contribution in [2.45, 2.75) is 13.8 Å². The van der Waals surface area contributed by atoms with Crippen molar-refractivity contribution in [1.29, 1.82) is 0 Å². The molecule has 1 amide bonds. The van der Waals surface area contributed by atoms with Gasteiger partial charge in [-0.15, -0.1) is 0 Å². The summed E-state index contributed by atoms with van der Waals surface area (Å²) in [6.07, 6.45) is 0. The Morgan fingerprint density at radius 1 is 1.20 bits per heavy atom. The molecule has 0 atom stereocenters. The van der Waals surface area contributed by atoms with E-state index in [9.17, 15) is 9.59 Å². The van der Waals surface area contributed by atoms with Crippen LogP contribution in [0.5, 0.6) is 0 Å². The fourth-order valence-electron chi connectivity index (χ4n) is 2.33. The maximum atomic E-state index is 12.4. The van der Waals surface area contributed by atoms with Crippen molar-refractivity contribution in [3.05, 3.63) is 35.0 Å². The summed E-state index contributed by atoms with van der Waals surface area (Å²) in [6.45, 7) is 3.70. The number of esters is 1. The SMILES string of the molecule is COC(=O)c1c(C)n(C(=O)N(C)C)c2cc(C)ccc12. The molecule has 0 spiro atoms. The zero-order valence-corrected chi connectivity index (χ0v) is 12.4. The number of amides is 1. The Morgan fingerprint density at radius 3 is 2.40 bits per heavy atom. The van der Waals surface area contributed by atoms with Gasteiger partial charge >= 0.3 is 12.0 Å². The summed E-state index contributed by atoms with van der Waals surface area (Å²) in [7, 11) is 4.70. The molecule has 0 aliphatic carbocycles. The van der Waals surface area contributed by atoms with Crippen molar-refractivity contribution in [2.24, 2.45) is 0 Å². The predicted octanol–water partition coefficient (Wildman–Crippen LogP) is 2.57.